The average molecular weight is 568 g/mol. The van der Waals surface area contributed by atoms with Gasteiger partial charge >= 0.3 is 12.2 Å². The third-order valence-corrected chi connectivity index (χ3v) is 7.89. The number of aromatic nitrogens is 4. The van der Waals surface area contributed by atoms with E-state index in [0.29, 0.717) is 36.6 Å². The third-order valence-electron chi connectivity index (χ3n) is 7.60. The van der Waals surface area contributed by atoms with Gasteiger partial charge in [-0.25, -0.2) is 0 Å². The second-order valence-corrected chi connectivity index (χ2v) is 10.5. The number of likely N-dealkylation sites (N-methyl/N-ethyl adjacent to an activating group) is 1. The van der Waals surface area contributed by atoms with Crippen molar-refractivity contribution in [3.05, 3.63) is 39.3 Å². The molecule has 14 heteroatoms. The number of nitrogens with one attached hydrogen (secondary N) is 1. The lowest BCUT2D eigenvalue weighted by Gasteiger charge is -2.46. The van der Waals surface area contributed by atoms with Crippen LogP contribution in [0.3, 0.4) is 0 Å². The van der Waals surface area contributed by atoms with E-state index in [9.17, 15) is 23.1 Å². The highest BCUT2D eigenvalue weighted by Crippen LogP contribution is 2.41. The van der Waals surface area contributed by atoms with Gasteiger partial charge in [-0.15, -0.1) is 0 Å². The molecule has 10 nitrogen and oxygen atoms in total. The molecule has 3 atom stereocenters. The summed E-state index contributed by atoms with van der Waals surface area (Å²) in [6, 6.07) is 0.676. The maximum Gasteiger partial charge on any atom is 0.419 e. The minimum Gasteiger partial charge on any atom is -0.508 e. The Hall–Kier alpha value is -3.16. The lowest BCUT2D eigenvalue weighted by atomic mass is 9.93. The second kappa shape index (κ2) is 9.79. The number of halogens is 4. The molecule has 2 bridgehead atoms. The van der Waals surface area contributed by atoms with Crippen LogP contribution in [0.2, 0.25) is 5.02 Å². The Balaban J connectivity index is 1.54. The van der Waals surface area contributed by atoms with Crippen molar-refractivity contribution in [2.75, 3.05) is 38.1 Å². The van der Waals surface area contributed by atoms with E-state index in [4.69, 9.17) is 19.1 Å². The maximum absolute atomic E-state index is 14.0. The molecule has 39 heavy (non-hydrogen) atoms. The van der Waals surface area contributed by atoms with E-state index in [-0.39, 0.29) is 23.0 Å². The van der Waals surface area contributed by atoms with Crippen LogP contribution in [0, 0.1) is 0 Å². The van der Waals surface area contributed by atoms with Crippen LogP contribution in [0.4, 0.5) is 19.0 Å². The van der Waals surface area contributed by atoms with Crippen molar-refractivity contribution in [3.63, 3.8) is 0 Å². The van der Waals surface area contributed by atoms with Gasteiger partial charge in [0.15, 0.2) is 0 Å². The lowest BCUT2D eigenvalue weighted by Crippen LogP contribution is -2.61. The second-order valence-electron chi connectivity index (χ2n) is 10.1. The predicted molar refractivity (Wildman–Crippen MR) is 138 cm³/mol. The first-order valence-corrected chi connectivity index (χ1v) is 13.0. The molecule has 0 aliphatic carbocycles. The fraction of sp³-hybridized carbons (Fsp3) is 0.520. The molecule has 4 fully saturated rings. The van der Waals surface area contributed by atoms with E-state index in [2.05, 4.69) is 20.4 Å². The van der Waals surface area contributed by atoms with E-state index in [1.54, 1.807) is 7.05 Å². The summed E-state index contributed by atoms with van der Waals surface area (Å²) in [5.74, 6) is -0.302. The number of hydrogen-bond acceptors (Lipinski definition) is 9. The summed E-state index contributed by atoms with van der Waals surface area (Å²) in [4.78, 5) is 26.3. The fourth-order valence-corrected chi connectivity index (χ4v) is 5.91. The van der Waals surface area contributed by atoms with Gasteiger partial charge < -0.3 is 25.0 Å². The third kappa shape index (κ3) is 4.76. The minimum atomic E-state index is -4.97. The summed E-state index contributed by atoms with van der Waals surface area (Å²) >= 11 is 5.85. The molecule has 2 N–H and O–H groups in total. The zero-order valence-electron chi connectivity index (χ0n) is 22.9. The SMILES string of the molecule is [2H]C([2H])(Oc1nc(N2CC3CCC2CN3)c2cnn(-c3cc(O)cc(Cl)c3C(F)(F)F)c(=O)c2n1)[C@@H]1CCCN1C. The maximum atomic E-state index is 14.0. The number of piperazine rings is 1. The van der Waals surface area contributed by atoms with Gasteiger partial charge in [-0.1, -0.05) is 11.6 Å². The van der Waals surface area contributed by atoms with Crippen LogP contribution < -0.4 is 20.5 Å². The van der Waals surface area contributed by atoms with E-state index < -0.39 is 52.4 Å². The Bertz CT molecular complexity index is 1570. The number of fused-ring (bicyclic) bond motifs is 4. The molecule has 0 saturated carbocycles. The molecule has 4 aliphatic heterocycles. The minimum absolute atomic E-state index is 0.0211. The standard InChI is InChI=1S/C25H27ClF3N7O3/c1-34-6-2-3-15(34)12-39-24-32-21-17(22(33-24)35-11-13-4-5-14(35)9-30-13)10-31-36(23(21)38)19-8-16(37)7-18(26)20(19)25(27,28)29/h7-8,10,13-15,30,37H,2-6,9,11-12H2,1H3/t13?,14?,15-/m0/s1/i12D2. The van der Waals surface area contributed by atoms with Crippen LogP contribution in [0.25, 0.3) is 16.6 Å². The van der Waals surface area contributed by atoms with Crippen LogP contribution in [0.1, 0.15) is 34.0 Å². The summed E-state index contributed by atoms with van der Waals surface area (Å²) in [6.07, 6.45) is -0.640. The summed E-state index contributed by atoms with van der Waals surface area (Å²) in [5, 5.41) is 16.8. The predicted octanol–water partition coefficient (Wildman–Crippen LogP) is 2.97. The Morgan fingerprint density at radius 3 is 2.74 bits per heavy atom. The molecule has 2 unspecified atom stereocenters. The number of piperidine rings is 2. The quantitative estimate of drug-likeness (QED) is 0.481. The Morgan fingerprint density at radius 1 is 1.28 bits per heavy atom. The van der Waals surface area contributed by atoms with Gasteiger partial charge in [-0.3, -0.25) is 4.79 Å². The van der Waals surface area contributed by atoms with Gasteiger partial charge in [0.1, 0.15) is 29.2 Å². The smallest absolute Gasteiger partial charge is 0.419 e. The molecule has 4 saturated heterocycles. The first kappa shape index (κ1) is 23.7. The highest BCUT2D eigenvalue weighted by molar-refractivity contribution is 6.31. The van der Waals surface area contributed by atoms with Crippen molar-refractivity contribution in [2.24, 2.45) is 0 Å². The molecule has 0 radical (unpaired) electrons. The molecular formula is C25H27ClF3N7O3. The van der Waals surface area contributed by atoms with Gasteiger partial charge in [0, 0.05) is 37.3 Å². The number of hydrogen-bond donors (Lipinski definition) is 2. The van der Waals surface area contributed by atoms with Crippen molar-refractivity contribution in [1.82, 2.24) is 30.0 Å². The van der Waals surface area contributed by atoms with E-state index in [1.165, 1.54) is 6.20 Å². The lowest BCUT2D eigenvalue weighted by molar-refractivity contribution is -0.137. The van der Waals surface area contributed by atoms with Crippen LogP contribution in [-0.4, -0.2) is 81.1 Å². The number of phenols is 1. The highest BCUT2D eigenvalue weighted by Gasteiger charge is 2.39. The molecule has 7 rings (SSSR count). The molecule has 6 heterocycles. The van der Waals surface area contributed by atoms with Crippen molar-refractivity contribution in [3.8, 4) is 17.4 Å². The molecule has 0 spiro atoms. The van der Waals surface area contributed by atoms with E-state index in [0.717, 1.165) is 31.4 Å². The largest absolute Gasteiger partial charge is 0.508 e. The molecule has 3 aromatic rings. The zero-order chi connectivity index (χ0) is 29.3. The van der Waals surface area contributed by atoms with Gasteiger partial charge in [0.05, 0.1) is 25.0 Å². The number of ether oxygens (including phenoxy) is 1. The van der Waals surface area contributed by atoms with E-state index >= 15 is 0 Å². The normalized spacial score (nSPS) is 24.7. The van der Waals surface area contributed by atoms with E-state index in [1.807, 2.05) is 9.80 Å². The first-order chi connectivity index (χ1) is 19.3. The topological polar surface area (TPSA) is 109 Å². The average Bonchev–Trinajstić information content (AvgIpc) is 3.35. The van der Waals surface area contributed by atoms with Crippen molar-refractivity contribution < 1.29 is 25.8 Å². The Labute approximate surface area is 229 Å². The molecule has 4 aliphatic rings. The number of benzene rings is 1. The first-order valence-electron chi connectivity index (χ1n) is 13.6. The zero-order valence-corrected chi connectivity index (χ0v) is 21.6. The van der Waals surface area contributed by atoms with Gasteiger partial charge in [0.25, 0.3) is 5.56 Å². The number of phenolic OH excluding ortho intramolecular Hbond substituents is 1. The summed E-state index contributed by atoms with van der Waals surface area (Å²) in [7, 11) is 1.78. The Morgan fingerprint density at radius 2 is 2.10 bits per heavy atom. The van der Waals surface area contributed by atoms with Crippen LogP contribution >= 0.6 is 11.6 Å². The van der Waals surface area contributed by atoms with Gasteiger partial charge in [0.2, 0.25) is 0 Å². The van der Waals surface area contributed by atoms with Gasteiger partial charge in [-0.2, -0.15) is 32.9 Å². The molecule has 1 aromatic carbocycles. The van der Waals surface area contributed by atoms with Crippen molar-refractivity contribution in [2.45, 2.75) is 50.0 Å². The number of nitrogens with zero attached hydrogens (tertiary/aromatic N) is 6. The molecule has 2 aromatic heterocycles. The van der Waals surface area contributed by atoms with Crippen molar-refractivity contribution in [1.29, 1.82) is 0 Å². The molecular weight excluding hydrogens is 539 g/mol. The number of rotatable bonds is 5. The summed E-state index contributed by atoms with van der Waals surface area (Å²) < 4.78 is 65.3. The van der Waals surface area contributed by atoms with Crippen LogP contribution in [-0.2, 0) is 6.18 Å². The van der Waals surface area contributed by atoms with Gasteiger partial charge in [-0.05, 0) is 45.3 Å². The van der Waals surface area contributed by atoms with Crippen molar-refractivity contribution >= 4 is 28.3 Å². The summed E-state index contributed by atoms with van der Waals surface area (Å²) in [5.41, 5.74) is -3.47. The number of alkyl halides is 3. The van der Waals surface area contributed by atoms with Crippen LogP contribution in [0.5, 0.6) is 11.8 Å². The summed E-state index contributed by atoms with van der Waals surface area (Å²) in [6.45, 7) is -0.308. The molecule has 0 amide bonds. The monoisotopic (exact) mass is 567 g/mol. The fourth-order valence-electron chi connectivity index (χ4n) is 5.60. The van der Waals surface area contributed by atoms with Crippen LogP contribution in [0.15, 0.2) is 23.1 Å². The number of aromatic hydroxyl groups is 1. The number of anilines is 1. The molecule has 208 valence electrons. The highest BCUT2D eigenvalue weighted by atomic mass is 35.5. The Kier molecular flexibility index (Phi) is 5.95. The number of likely N-dealkylation sites (tertiary alicyclic amines) is 1.